The summed E-state index contributed by atoms with van der Waals surface area (Å²) in [5.74, 6) is 0.652. The molecule has 0 bridgehead atoms. The summed E-state index contributed by atoms with van der Waals surface area (Å²) < 4.78 is 1.33. The molecule has 1 N–H and O–H groups in total. The number of likely N-dealkylation sites (tertiary alicyclic amines) is 1. The van der Waals surface area contributed by atoms with Crippen molar-refractivity contribution in [2.24, 2.45) is 0 Å². The number of benzene rings is 2. The van der Waals surface area contributed by atoms with Gasteiger partial charge in [0.1, 0.15) is 6.04 Å². The van der Waals surface area contributed by atoms with Gasteiger partial charge in [-0.3, -0.25) is 0 Å². The number of fused-ring (bicyclic) bond motifs is 1. The maximum absolute atomic E-state index is 4.87. The van der Waals surface area contributed by atoms with Gasteiger partial charge in [0.25, 0.3) is 0 Å². The molecular formula is C20H23N2S+. The molecule has 0 spiro atoms. The van der Waals surface area contributed by atoms with Gasteiger partial charge in [-0.1, -0.05) is 42.5 Å². The molecule has 0 aliphatic carbocycles. The second kappa shape index (κ2) is 6.42. The van der Waals surface area contributed by atoms with Gasteiger partial charge in [0.15, 0.2) is 0 Å². The Hall–Kier alpha value is -1.71. The molecule has 4 rings (SSSR count). The Labute approximate surface area is 141 Å². The number of hydrogen-bond donors (Lipinski definition) is 1. The van der Waals surface area contributed by atoms with Crippen molar-refractivity contribution >= 4 is 21.6 Å². The Morgan fingerprint density at radius 2 is 1.70 bits per heavy atom. The van der Waals surface area contributed by atoms with Gasteiger partial charge >= 0.3 is 0 Å². The summed E-state index contributed by atoms with van der Waals surface area (Å²) >= 11 is 1.89. The van der Waals surface area contributed by atoms with Gasteiger partial charge < -0.3 is 4.90 Å². The van der Waals surface area contributed by atoms with Crippen molar-refractivity contribution in [3.8, 4) is 0 Å². The molecule has 118 valence electrons. The summed E-state index contributed by atoms with van der Waals surface area (Å²) in [5, 5.41) is 1.35. The molecule has 1 fully saturated rings. The zero-order valence-electron chi connectivity index (χ0n) is 13.5. The van der Waals surface area contributed by atoms with E-state index in [0.29, 0.717) is 12.0 Å². The molecule has 0 amide bonds. The predicted octanol–water partition coefficient (Wildman–Crippen LogP) is 3.82. The van der Waals surface area contributed by atoms with E-state index in [1.54, 1.807) is 4.90 Å². The molecular weight excluding hydrogens is 300 g/mol. The number of thiazole rings is 1. The Balaban J connectivity index is 1.44. The molecule has 3 heteroatoms. The summed E-state index contributed by atoms with van der Waals surface area (Å²) in [6, 6.07) is 20.0. The first-order chi connectivity index (χ1) is 11.3. The molecule has 0 radical (unpaired) electrons. The van der Waals surface area contributed by atoms with E-state index in [-0.39, 0.29) is 0 Å². The van der Waals surface area contributed by atoms with E-state index in [9.17, 15) is 0 Å². The Morgan fingerprint density at radius 3 is 2.43 bits per heavy atom. The smallest absolute Gasteiger partial charge is 0.110 e. The monoisotopic (exact) mass is 323 g/mol. The van der Waals surface area contributed by atoms with Crippen molar-refractivity contribution < 1.29 is 4.90 Å². The van der Waals surface area contributed by atoms with Gasteiger partial charge in [0.2, 0.25) is 0 Å². The number of nitrogens with one attached hydrogen (secondary N) is 1. The van der Waals surface area contributed by atoms with E-state index in [4.69, 9.17) is 4.98 Å². The van der Waals surface area contributed by atoms with Crippen molar-refractivity contribution in [3.05, 3.63) is 65.2 Å². The van der Waals surface area contributed by atoms with Crippen molar-refractivity contribution in [1.29, 1.82) is 0 Å². The Morgan fingerprint density at radius 1 is 1.00 bits per heavy atom. The van der Waals surface area contributed by atoms with Crippen LogP contribution in [0.25, 0.3) is 10.2 Å². The lowest BCUT2D eigenvalue weighted by Crippen LogP contribution is -3.12. The molecule has 1 saturated heterocycles. The van der Waals surface area contributed by atoms with E-state index in [1.165, 1.54) is 46.7 Å². The van der Waals surface area contributed by atoms with Crippen LogP contribution >= 0.6 is 11.3 Å². The van der Waals surface area contributed by atoms with Gasteiger partial charge in [-0.2, -0.15) is 0 Å². The number of para-hydroxylation sites is 1. The highest BCUT2D eigenvalue weighted by atomic mass is 32.1. The quantitative estimate of drug-likeness (QED) is 0.775. The van der Waals surface area contributed by atoms with Crippen LogP contribution in [0.2, 0.25) is 0 Å². The predicted molar refractivity (Wildman–Crippen MR) is 97.1 cm³/mol. The highest BCUT2D eigenvalue weighted by Gasteiger charge is 2.29. The number of rotatable bonds is 3. The zero-order chi connectivity index (χ0) is 15.6. The van der Waals surface area contributed by atoms with Gasteiger partial charge in [-0.25, -0.2) is 4.98 Å². The van der Waals surface area contributed by atoms with Crippen LogP contribution in [-0.4, -0.2) is 18.1 Å². The number of nitrogens with zero attached hydrogens (tertiary/aromatic N) is 1. The van der Waals surface area contributed by atoms with Crippen LogP contribution in [0.4, 0.5) is 0 Å². The summed E-state index contributed by atoms with van der Waals surface area (Å²) in [6.45, 7) is 4.86. The third-order valence-corrected chi connectivity index (χ3v) is 6.40. The molecule has 1 aliphatic rings. The average Bonchev–Trinajstić information content (AvgIpc) is 3.06. The van der Waals surface area contributed by atoms with E-state index < -0.39 is 0 Å². The molecule has 2 nitrogen and oxygen atoms in total. The molecule has 0 saturated carbocycles. The Bertz CT molecular complexity index is 739. The fourth-order valence-corrected chi connectivity index (χ4v) is 4.85. The standard InChI is InChI=1S/C20H22N2S/c1-15(16-7-3-2-4-8-16)22-13-11-17(12-14-22)20-21-18-9-5-6-10-19(18)23-20/h2-10,15,17H,11-14H2,1H3/p+1/t15-/m1/s1. The van der Waals surface area contributed by atoms with E-state index >= 15 is 0 Å². The molecule has 23 heavy (non-hydrogen) atoms. The number of aromatic nitrogens is 1. The highest BCUT2D eigenvalue weighted by molar-refractivity contribution is 7.18. The van der Waals surface area contributed by atoms with Gasteiger partial charge in [0, 0.05) is 24.3 Å². The maximum atomic E-state index is 4.87. The van der Waals surface area contributed by atoms with Crippen LogP contribution in [0.15, 0.2) is 54.6 Å². The SMILES string of the molecule is C[C@H](c1ccccc1)[NH+]1CCC(c2nc3ccccc3s2)CC1. The number of piperidine rings is 1. The molecule has 0 unspecified atom stereocenters. The third-order valence-electron chi connectivity index (χ3n) is 5.20. The fraction of sp³-hybridized carbons (Fsp3) is 0.350. The Kier molecular flexibility index (Phi) is 4.15. The summed E-state index contributed by atoms with van der Waals surface area (Å²) in [6.07, 6.45) is 2.51. The molecule has 2 heterocycles. The van der Waals surface area contributed by atoms with Gasteiger partial charge in [-0.05, 0) is 19.1 Å². The lowest BCUT2D eigenvalue weighted by atomic mass is 9.95. The summed E-state index contributed by atoms with van der Waals surface area (Å²) in [4.78, 5) is 6.59. The van der Waals surface area contributed by atoms with Crippen LogP contribution < -0.4 is 4.90 Å². The van der Waals surface area contributed by atoms with Crippen molar-refractivity contribution in [2.75, 3.05) is 13.1 Å². The summed E-state index contributed by atoms with van der Waals surface area (Å²) in [7, 11) is 0. The van der Waals surface area contributed by atoms with E-state index in [2.05, 4.69) is 61.5 Å². The lowest BCUT2D eigenvalue weighted by Gasteiger charge is -2.32. The second-order valence-corrected chi connectivity index (χ2v) is 7.65. The first kappa shape index (κ1) is 14.9. The second-order valence-electron chi connectivity index (χ2n) is 6.58. The van der Waals surface area contributed by atoms with Crippen LogP contribution in [0.5, 0.6) is 0 Å². The first-order valence-corrected chi connectivity index (χ1v) is 9.38. The van der Waals surface area contributed by atoms with E-state index in [1.807, 2.05) is 11.3 Å². The van der Waals surface area contributed by atoms with Crippen LogP contribution in [0.3, 0.4) is 0 Å². The van der Waals surface area contributed by atoms with Crippen molar-refractivity contribution in [2.45, 2.75) is 31.7 Å². The van der Waals surface area contributed by atoms with Crippen molar-refractivity contribution in [3.63, 3.8) is 0 Å². The molecule has 1 atom stereocenters. The topological polar surface area (TPSA) is 17.3 Å². The fourth-order valence-electron chi connectivity index (χ4n) is 3.71. The molecule has 2 aromatic carbocycles. The maximum Gasteiger partial charge on any atom is 0.110 e. The minimum absolute atomic E-state index is 0.590. The van der Waals surface area contributed by atoms with Gasteiger partial charge in [-0.15, -0.1) is 11.3 Å². The number of quaternary nitrogens is 1. The van der Waals surface area contributed by atoms with Crippen LogP contribution in [0.1, 0.15) is 42.3 Å². The minimum atomic E-state index is 0.590. The number of hydrogen-bond acceptors (Lipinski definition) is 2. The van der Waals surface area contributed by atoms with Crippen LogP contribution in [-0.2, 0) is 0 Å². The summed E-state index contributed by atoms with van der Waals surface area (Å²) in [5.41, 5.74) is 2.63. The molecule has 1 aromatic heterocycles. The largest absolute Gasteiger partial charge is 0.329 e. The normalized spacial score (nSPS) is 23.0. The minimum Gasteiger partial charge on any atom is -0.329 e. The van der Waals surface area contributed by atoms with Crippen molar-refractivity contribution in [1.82, 2.24) is 4.98 Å². The molecule has 1 aliphatic heterocycles. The highest BCUT2D eigenvalue weighted by Crippen LogP contribution is 2.31. The zero-order valence-corrected chi connectivity index (χ0v) is 14.4. The third kappa shape index (κ3) is 3.04. The van der Waals surface area contributed by atoms with Gasteiger partial charge in [0.05, 0.1) is 28.3 Å². The van der Waals surface area contributed by atoms with Crippen LogP contribution in [0, 0.1) is 0 Å². The average molecular weight is 323 g/mol. The molecule has 3 aromatic rings. The van der Waals surface area contributed by atoms with E-state index in [0.717, 1.165) is 0 Å². The first-order valence-electron chi connectivity index (χ1n) is 8.56. The lowest BCUT2D eigenvalue weighted by molar-refractivity contribution is -0.934.